The maximum absolute atomic E-state index is 12.1. The van der Waals surface area contributed by atoms with Crippen molar-refractivity contribution in [3.8, 4) is 0 Å². The third kappa shape index (κ3) is 3.80. The predicted octanol–water partition coefficient (Wildman–Crippen LogP) is 4.78. The molecule has 0 radical (unpaired) electrons. The first-order valence-corrected chi connectivity index (χ1v) is 10.2. The second kappa shape index (κ2) is 9.02. The third-order valence-electron chi connectivity index (χ3n) is 5.25. The van der Waals surface area contributed by atoms with E-state index in [0.29, 0.717) is 6.04 Å². The number of carbonyl (C=O) groups is 1. The van der Waals surface area contributed by atoms with Gasteiger partial charge in [-0.1, -0.05) is 39.0 Å². The molecule has 2 N–H and O–H groups in total. The maximum Gasteiger partial charge on any atom is 0.256 e. The van der Waals surface area contributed by atoms with E-state index in [-0.39, 0.29) is 5.91 Å². The number of hydrogen-bond acceptors (Lipinski definition) is 3. The van der Waals surface area contributed by atoms with E-state index in [9.17, 15) is 4.79 Å². The summed E-state index contributed by atoms with van der Waals surface area (Å²) in [4.78, 5) is 12.1. The first-order chi connectivity index (χ1) is 13.7. The number of benzene rings is 2. The lowest BCUT2D eigenvalue weighted by Gasteiger charge is -2.15. The summed E-state index contributed by atoms with van der Waals surface area (Å²) in [5.74, 6) is -0.00843. The van der Waals surface area contributed by atoms with Crippen LogP contribution in [-0.4, -0.2) is 29.3 Å². The lowest BCUT2D eigenvalue weighted by Crippen LogP contribution is -2.16. The summed E-state index contributed by atoms with van der Waals surface area (Å²) in [6.07, 6.45) is 7.09. The lowest BCUT2D eigenvalue weighted by molar-refractivity contribution is 0.103. The number of carbonyl (C=O) groups excluding carboxylic acids is 1. The van der Waals surface area contributed by atoms with Gasteiger partial charge in [-0.25, -0.2) is 0 Å². The van der Waals surface area contributed by atoms with E-state index in [0.717, 1.165) is 47.8 Å². The Morgan fingerprint density at radius 3 is 2.79 bits per heavy atom. The largest absolute Gasteiger partial charge is 0.321 e. The van der Waals surface area contributed by atoms with Crippen molar-refractivity contribution < 1.29 is 4.79 Å². The van der Waals surface area contributed by atoms with Crippen molar-refractivity contribution in [1.82, 2.24) is 15.1 Å². The Kier molecular flexibility index (Phi) is 6.47. The quantitative estimate of drug-likeness (QED) is 0.622. The van der Waals surface area contributed by atoms with Crippen molar-refractivity contribution in [2.75, 3.05) is 18.9 Å². The molecule has 0 bridgehead atoms. The first-order valence-electron chi connectivity index (χ1n) is 10.2. The van der Waals surface area contributed by atoms with E-state index in [2.05, 4.69) is 45.7 Å². The summed E-state index contributed by atoms with van der Waals surface area (Å²) >= 11 is 0. The normalized spacial score (nSPS) is 13.2. The molecule has 1 amide bonds. The smallest absolute Gasteiger partial charge is 0.256 e. The Morgan fingerprint density at radius 1 is 1.21 bits per heavy atom. The van der Waals surface area contributed by atoms with E-state index in [1.165, 1.54) is 11.1 Å². The van der Waals surface area contributed by atoms with Gasteiger partial charge in [0.2, 0.25) is 0 Å². The highest BCUT2D eigenvalue weighted by Crippen LogP contribution is 2.35. The average molecular weight is 379 g/mol. The van der Waals surface area contributed by atoms with Crippen LogP contribution in [0.15, 0.2) is 42.7 Å². The van der Waals surface area contributed by atoms with Gasteiger partial charge in [0.05, 0.1) is 12.2 Å². The number of anilines is 1. The van der Waals surface area contributed by atoms with Gasteiger partial charge in [0.15, 0.2) is 0 Å². The Bertz CT molecular complexity index is 960. The van der Waals surface area contributed by atoms with Gasteiger partial charge >= 0.3 is 0 Å². The molecule has 1 aromatic heterocycles. The summed E-state index contributed by atoms with van der Waals surface area (Å²) in [6.45, 7) is 7.19. The Hall–Kier alpha value is -2.66. The molecule has 2 aromatic carbocycles. The van der Waals surface area contributed by atoms with Gasteiger partial charge in [-0.15, -0.1) is 0 Å². The van der Waals surface area contributed by atoms with Crippen LogP contribution in [0.25, 0.3) is 10.8 Å². The van der Waals surface area contributed by atoms with Gasteiger partial charge in [-0.05, 0) is 55.1 Å². The molecule has 1 aliphatic heterocycles. The molecule has 2 heterocycles. The molecule has 0 fully saturated rings. The van der Waals surface area contributed by atoms with Gasteiger partial charge in [0, 0.05) is 29.3 Å². The number of rotatable bonds is 7. The molecule has 0 saturated heterocycles. The topological polar surface area (TPSA) is 59.0 Å². The zero-order chi connectivity index (χ0) is 20.1. The molecular formula is C23H30N4O. The molecular weight excluding hydrogens is 348 g/mol. The minimum Gasteiger partial charge on any atom is -0.321 e. The van der Waals surface area contributed by atoms with Gasteiger partial charge in [0.25, 0.3) is 5.91 Å². The summed E-state index contributed by atoms with van der Waals surface area (Å²) < 4.78 is 2.10. The fourth-order valence-electron chi connectivity index (χ4n) is 3.83. The highest BCUT2D eigenvalue weighted by atomic mass is 16.1. The molecule has 1 unspecified atom stereocenters. The summed E-state index contributed by atoms with van der Waals surface area (Å²) in [7, 11) is 1.98. The van der Waals surface area contributed by atoms with Crippen LogP contribution in [0, 0.1) is 0 Å². The van der Waals surface area contributed by atoms with Crippen LogP contribution in [0.1, 0.15) is 61.1 Å². The van der Waals surface area contributed by atoms with Crippen LogP contribution in [0.4, 0.5) is 5.69 Å². The molecule has 4 rings (SSSR count). The van der Waals surface area contributed by atoms with Crippen LogP contribution in [0.5, 0.6) is 0 Å². The Labute approximate surface area is 167 Å². The van der Waals surface area contributed by atoms with Crippen LogP contribution < -0.4 is 10.6 Å². The van der Waals surface area contributed by atoms with Crippen molar-refractivity contribution in [2.45, 2.75) is 46.1 Å². The molecule has 28 heavy (non-hydrogen) atoms. The molecule has 5 heteroatoms. The zero-order valence-electron chi connectivity index (χ0n) is 17.2. The van der Waals surface area contributed by atoms with Crippen LogP contribution in [-0.2, 0) is 6.42 Å². The molecule has 5 nitrogen and oxygen atoms in total. The van der Waals surface area contributed by atoms with E-state index in [1.807, 2.05) is 45.3 Å². The number of amides is 1. The second-order valence-electron chi connectivity index (χ2n) is 6.91. The van der Waals surface area contributed by atoms with Gasteiger partial charge in [0.1, 0.15) is 0 Å². The summed E-state index contributed by atoms with van der Waals surface area (Å²) in [5, 5.41) is 13.0. The molecule has 148 valence electrons. The van der Waals surface area contributed by atoms with Crippen molar-refractivity contribution >= 4 is 22.4 Å². The average Bonchev–Trinajstić information content (AvgIpc) is 3.32. The van der Waals surface area contributed by atoms with E-state index in [1.54, 1.807) is 0 Å². The monoisotopic (exact) mass is 378 g/mol. The first kappa shape index (κ1) is 20.1. The highest BCUT2D eigenvalue weighted by Gasteiger charge is 2.22. The minimum atomic E-state index is -0.00843. The van der Waals surface area contributed by atoms with Crippen LogP contribution in [0.3, 0.4) is 0 Å². The Morgan fingerprint density at radius 2 is 2.04 bits per heavy atom. The third-order valence-corrected chi connectivity index (χ3v) is 5.25. The highest BCUT2D eigenvalue weighted by molar-refractivity contribution is 6.24. The van der Waals surface area contributed by atoms with Gasteiger partial charge in [-0.2, -0.15) is 5.10 Å². The number of nitrogens with one attached hydrogen (secondary N) is 2. The van der Waals surface area contributed by atoms with Crippen molar-refractivity contribution in [2.24, 2.45) is 0 Å². The second-order valence-corrected chi connectivity index (χ2v) is 6.91. The molecule has 1 atom stereocenters. The van der Waals surface area contributed by atoms with Crippen LogP contribution in [0.2, 0.25) is 0 Å². The van der Waals surface area contributed by atoms with Crippen molar-refractivity contribution in [3.05, 3.63) is 59.4 Å². The van der Waals surface area contributed by atoms with Crippen molar-refractivity contribution in [1.29, 1.82) is 0 Å². The summed E-state index contributed by atoms with van der Waals surface area (Å²) in [5.41, 5.74) is 4.11. The minimum absolute atomic E-state index is 0.00843. The molecule has 1 aliphatic rings. The molecule has 0 spiro atoms. The SMILES string of the molecule is CC.CCC(CCNC)n1cc(Cc2ccc3c4c(cccc24)C(=O)N3)cn1. The van der Waals surface area contributed by atoms with Gasteiger partial charge < -0.3 is 10.6 Å². The van der Waals surface area contributed by atoms with Crippen molar-refractivity contribution in [3.63, 3.8) is 0 Å². The number of nitrogens with zero attached hydrogens (tertiary/aromatic N) is 2. The lowest BCUT2D eigenvalue weighted by atomic mass is 9.97. The van der Waals surface area contributed by atoms with E-state index in [4.69, 9.17) is 0 Å². The number of hydrogen-bond donors (Lipinski definition) is 2. The molecule has 3 aromatic rings. The number of aromatic nitrogens is 2. The fourth-order valence-corrected chi connectivity index (χ4v) is 3.83. The van der Waals surface area contributed by atoms with E-state index >= 15 is 0 Å². The standard InChI is InChI=1S/C21H24N4O.C2H6/c1-3-16(9-10-22-2)25-13-14(12-23-25)11-15-7-8-19-20-17(15)5-4-6-18(20)21(26)24-19;1-2/h4-8,12-13,16,22H,3,9-11H2,1-2H3,(H,24,26);1-2H3. The molecule has 0 aliphatic carbocycles. The van der Waals surface area contributed by atoms with Gasteiger partial charge in [-0.3, -0.25) is 9.48 Å². The van der Waals surface area contributed by atoms with Crippen LogP contribution >= 0.6 is 0 Å². The maximum atomic E-state index is 12.1. The summed E-state index contributed by atoms with van der Waals surface area (Å²) in [6, 6.07) is 10.5. The van der Waals surface area contributed by atoms with E-state index < -0.39 is 0 Å². The fraction of sp³-hybridized carbons (Fsp3) is 0.391. The predicted molar refractivity (Wildman–Crippen MR) is 116 cm³/mol. The Balaban J connectivity index is 0.00000109. The molecule has 0 saturated carbocycles. The zero-order valence-corrected chi connectivity index (χ0v) is 17.2.